The molecule has 0 amide bonds. The van der Waals surface area contributed by atoms with Crippen molar-refractivity contribution in [3.8, 4) is 0 Å². The smallest absolute Gasteiger partial charge is 0.857 e. The molecular formula is C18H28O2Ti. The maximum Gasteiger partial charge on any atom is 4.00 e. The summed E-state index contributed by atoms with van der Waals surface area (Å²) >= 11 is 0. The summed E-state index contributed by atoms with van der Waals surface area (Å²) in [4.78, 5) is 0. The van der Waals surface area contributed by atoms with Crippen molar-refractivity contribution in [1.82, 2.24) is 0 Å². The Bertz CT molecular complexity index is 384. The first kappa shape index (κ1) is 25.3. The van der Waals surface area contributed by atoms with Crippen LogP contribution in [0.1, 0.15) is 33.4 Å². The maximum absolute atomic E-state index is 8.25. The Labute approximate surface area is 145 Å². The Morgan fingerprint density at radius 3 is 0.952 bits per heavy atom. The van der Waals surface area contributed by atoms with Gasteiger partial charge in [0.05, 0.1) is 0 Å². The Balaban J connectivity index is -0.000000240. The van der Waals surface area contributed by atoms with Gasteiger partial charge in [-0.2, -0.15) is 59.7 Å². The molecule has 0 fully saturated rings. The van der Waals surface area contributed by atoms with Crippen LogP contribution in [0.25, 0.3) is 0 Å². The largest absolute Gasteiger partial charge is 4.00 e. The Kier molecular flexibility index (Phi) is 17.2. The number of hydrogen-bond donors (Lipinski definition) is 0. The van der Waals surface area contributed by atoms with Crippen molar-refractivity contribution in [2.45, 2.75) is 41.5 Å². The van der Waals surface area contributed by atoms with Crippen LogP contribution in [0.5, 0.6) is 0 Å². The van der Waals surface area contributed by atoms with Gasteiger partial charge in [-0.25, -0.2) is 12.1 Å². The van der Waals surface area contributed by atoms with Gasteiger partial charge in [0.1, 0.15) is 0 Å². The van der Waals surface area contributed by atoms with Gasteiger partial charge in [-0.1, -0.05) is 41.5 Å². The van der Waals surface area contributed by atoms with Crippen LogP contribution in [-0.2, 0) is 21.7 Å². The van der Waals surface area contributed by atoms with Gasteiger partial charge in [-0.3, -0.25) is 0 Å². The topological polar surface area (TPSA) is 46.1 Å². The molecule has 0 radical (unpaired) electrons. The molecule has 0 unspecified atom stereocenters. The van der Waals surface area contributed by atoms with Crippen LogP contribution < -0.4 is 10.2 Å². The molecule has 0 saturated carbocycles. The minimum atomic E-state index is 0. The standard InChI is InChI=1S/2C8H11.2CH3O.Ti/c2*1-6-4-5-7(2)8(6)3;2*1-2;/h2*4-5H,1-3H3;2*1H3;/q4*-1;+4. The normalized spacial score (nSPS) is 8.10. The summed E-state index contributed by atoms with van der Waals surface area (Å²) in [5.41, 5.74) is 8.49. The predicted molar refractivity (Wildman–Crippen MR) is 84.3 cm³/mol. The molecule has 2 nitrogen and oxygen atoms in total. The molecule has 0 saturated heterocycles. The van der Waals surface area contributed by atoms with E-state index in [0.29, 0.717) is 0 Å². The third kappa shape index (κ3) is 9.05. The van der Waals surface area contributed by atoms with E-state index in [0.717, 1.165) is 14.2 Å². The molecule has 0 spiro atoms. The van der Waals surface area contributed by atoms with E-state index in [1.807, 2.05) is 0 Å². The van der Waals surface area contributed by atoms with Gasteiger partial charge in [-0.15, -0.1) is 0 Å². The van der Waals surface area contributed by atoms with Crippen molar-refractivity contribution in [2.24, 2.45) is 0 Å². The fourth-order valence-corrected chi connectivity index (χ4v) is 1.62. The number of rotatable bonds is 0. The Hall–Kier alpha value is -0.666. The predicted octanol–water partition coefficient (Wildman–Crippen LogP) is 2.61. The zero-order valence-electron chi connectivity index (χ0n) is 14.6. The molecule has 2 aromatic carbocycles. The van der Waals surface area contributed by atoms with Gasteiger partial charge in [-0.05, 0) is 0 Å². The molecule has 2 rings (SSSR count). The molecular weight excluding hydrogens is 296 g/mol. The van der Waals surface area contributed by atoms with Crippen LogP contribution in [0.2, 0.25) is 0 Å². The van der Waals surface area contributed by atoms with Crippen LogP contribution in [-0.4, -0.2) is 14.2 Å². The Morgan fingerprint density at radius 2 is 0.905 bits per heavy atom. The monoisotopic (exact) mass is 324 g/mol. The van der Waals surface area contributed by atoms with Crippen LogP contribution in [0.4, 0.5) is 0 Å². The van der Waals surface area contributed by atoms with E-state index in [-0.39, 0.29) is 21.7 Å². The molecule has 0 aliphatic heterocycles. The van der Waals surface area contributed by atoms with Gasteiger partial charge in [0.15, 0.2) is 0 Å². The van der Waals surface area contributed by atoms with Crippen molar-refractivity contribution >= 4 is 0 Å². The molecule has 0 bridgehead atoms. The van der Waals surface area contributed by atoms with E-state index in [1.165, 1.54) is 33.4 Å². The second-order valence-corrected chi connectivity index (χ2v) is 4.65. The minimum absolute atomic E-state index is 0. The molecule has 0 N–H and O–H groups in total. The quantitative estimate of drug-likeness (QED) is 0.552. The zero-order valence-corrected chi connectivity index (χ0v) is 16.2. The molecule has 0 atom stereocenters. The van der Waals surface area contributed by atoms with Crippen molar-refractivity contribution < 1.29 is 31.9 Å². The summed E-state index contributed by atoms with van der Waals surface area (Å²) in [6.07, 6.45) is 0. The molecule has 2 aromatic rings. The fraction of sp³-hybridized carbons (Fsp3) is 0.444. The number of hydrogen-bond acceptors (Lipinski definition) is 2. The minimum Gasteiger partial charge on any atom is -0.857 e. The van der Waals surface area contributed by atoms with E-state index in [4.69, 9.17) is 10.2 Å². The average Bonchev–Trinajstić information content (AvgIpc) is 2.94. The zero-order chi connectivity index (χ0) is 16.3. The third-order valence-corrected chi connectivity index (χ3v) is 3.53. The van der Waals surface area contributed by atoms with Gasteiger partial charge < -0.3 is 10.2 Å². The van der Waals surface area contributed by atoms with Gasteiger partial charge in [0.25, 0.3) is 0 Å². The molecule has 0 heterocycles. The van der Waals surface area contributed by atoms with E-state index < -0.39 is 0 Å². The van der Waals surface area contributed by atoms with Crippen LogP contribution in [0, 0.1) is 41.5 Å². The van der Waals surface area contributed by atoms with Crippen molar-refractivity contribution in [3.05, 3.63) is 57.6 Å². The van der Waals surface area contributed by atoms with Crippen LogP contribution in [0.3, 0.4) is 0 Å². The first-order valence-electron chi connectivity index (χ1n) is 6.64. The molecule has 116 valence electrons. The molecule has 0 aliphatic rings. The van der Waals surface area contributed by atoms with Crippen LogP contribution in [0.15, 0.2) is 24.3 Å². The van der Waals surface area contributed by atoms with Gasteiger partial charge >= 0.3 is 21.7 Å². The molecule has 3 heteroatoms. The summed E-state index contributed by atoms with van der Waals surface area (Å²) in [6.45, 7) is 12.9. The molecule has 0 aliphatic carbocycles. The second-order valence-electron chi connectivity index (χ2n) is 4.65. The molecule has 21 heavy (non-hydrogen) atoms. The van der Waals surface area contributed by atoms with E-state index in [2.05, 4.69) is 65.8 Å². The summed E-state index contributed by atoms with van der Waals surface area (Å²) in [5, 5.41) is 16.5. The van der Waals surface area contributed by atoms with Gasteiger partial charge in [0.2, 0.25) is 0 Å². The summed E-state index contributed by atoms with van der Waals surface area (Å²) < 4.78 is 0. The van der Waals surface area contributed by atoms with Crippen molar-refractivity contribution in [1.29, 1.82) is 0 Å². The van der Waals surface area contributed by atoms with Crippen molar-refractivity contribution in [3.63, 3.8) is 0 Å². The molecule has 0 aromatic heterocycles. The van der Waals surface area contributed by atoms with Crippen LogP contribution >= 0.6 is 0 Å². The number of aryl methyl sites for hydroxylation is 4. The summed E-state index contributed by atoms with van der Waals surface area (Å²) in [7, 11) is 1.50. The maximum atomic E-state index is 8.25. The van der Waals surface area contributed by atoms with Gasteiger partial charge in [0, 0.05) is 0 Å². The SMILES string of the molecule is C[O-].C[O-].Cc1cc[c-](C)c1C.Cc1cc[c-](C)c1C.[Ti+4]. The fourth-order valence-electron chi connectivity index (χ4n) is 1.62. The summed E-state index contributed by atoms with van der Waals surface area (Å²) in [5.74, 6) is 0. The summed E-state index contributed by atoms with van der Waals surface area (Å²) in [6, 6.07) is 8.63. The van der Waals surface area contributed by atoms with E-state index in [1.54, 1.807) is 0 Å². The first-order valence-corrected chi connectivity index (χ1v) is 6.64. The Morgan fingerprint density at radius 1 is 0.667 bits per heavy atom. The van der Waals surface area contributed by atoms with E-state index >= 15 is 0 Å². The second kappa shape index (κ2) is 14.3. The first-order chi connectivity index (χ1) is 9.43. The average molecular weight is 324 g/mol. The third-order valence-electron chi connectivity index (χ3n) is 3.53. The van der Waals surface area contributed by atoms with Crippen molar-refractivity contribution in [2.75, 3.05) is 14.2 Å². The van der Waals surface area contributed by atoms with E-state index in [9.17, 15) is 0 Å².